The minimum Gasteiger partial charge on any atom is -0.467 e. The fourth-order valence-electron chi connectivity index (χ4n) is 3.18. The van der Waals surface area contributed by atoms with E-state index in [0.29, 0.717) is 5.76 Å². The summed E-state index contributed by atoms with van der Waals surface area (Å²) >= 11 is 5.97. The number of carbonyl (C=O) groups is 2. The summed E-state index contributed by atoms with van der Waals surface area (Å²) in [6.45, 7) is -0.279. The highest BCUT2D eigenvalue weighted by Gasteiger charge is 2.34. The topological polar surface area (TPSA) is 149 Å². The SMILES string of the molecule is O=C(COC(=O)C1CCN(S(=O)(=O)c2cc([N+](=O)[O-])ccc2Cl)CC1)NCc1ccco1. The smallest absolute Gasteiger partial charge is 0.309 e. The van der Waals surface area contributed by atoms with Gasteiger partial charge in [-0.25, -0.2) is 8.42 Å². The van der Waals surface area contributed by atoms with Crippen LogP contribution in [0.1, 0.15) is 18.6 Å². The lowest BCUT2D eigenvalue weighted by Gasteiger charge is -2.30. The molecular formula is C19H20ClN3O8S. The summed E-state index contributed by atoms with van der Waals surface area (Å²) in [5.74, 6) is -1.10. The Balaban J connectivity index is 1.52. The van der Waals surface area contributed by atoms with E-state index < -0.39 is 45.0 Å². The number of carbonyl (C=O) groups excluding carboxylic acids is 2. The maximum absolute atomic E-state index is 12.9. The molecule has 1 N–H and O–H groups in total. The van der Waals surface area contributed by atoms with Gasteiger partial charge in [-0.2, -0.15) is 4.31 Å². The Morgan fingerprint density at radius 2 is 2.00 bits per heavy atom. The van der Waals surface area contributed by atoms with Gasteiger partial charge in [0.15, 0.2) is 6.61 Å². The van der Waals surface area contributed by atoms with Crippen LogP contribution in [0.4, 0.5) is 5.69 Å². The van der Waals surface area contributed by atoms with Gasteiger partial charge >= 0.3 is 5.97 Å². The van der Waals surface area contributed by atoms with Crippen LogP contribution in [0.25, 0.3) is 0 Å². The van der Waals surface area contributed by atoms with Crippen LogP contribution in [0, 0.1) is 16.0 Å². The van der Waals surface area contributed by atoms with Crippen LogP contribution in [-0.4, -0.2) is 49.2 Å². The van der Waals surface area contributed by atoms with Crippen LogP contribution in [0.3, 0.4) is 0 Å². The Morgan fingerprint density at radius 1 is 1.28 bits per heavy atom. The number of amides is 1. The van der Waals surface area contributed by atoms with Crippen molar-refractivity contribution in [1.82, 2.24) is 9.62 Å². The third kappa shape index (κ3) is 5.64. The second-order valence-corrected chi connectivity index (χ2v) is 9.33. The van der Waals surface area contributed by atoms with E-state index >= 15 is 0 Å². The summed E-state index contributed by atoms with van der Waals surface area (Å²) in [5, 5.41) is 13.4. The second kappa shape index (κ2) is 10.1. The maximum Gasteiger partial charge on any atom is 0.309 e. The largest absolute Gasteiger partial charge is 0.467 e. The third-order valence-electron chi connectivity index (χ3n) is 4.92. The fraction of sp³-hybridized carbons (Fsp3) is 0.368. The minimum atomic E-state index is -4.08. The Kier molecular flexibility index (Phi) is 7.48. The van der Waals surface area contributed by atoms with E-state index in [0.717, 1.165) is 22.5 Å². The van der Waals surface area contributed by atoms with E-state index in [2.05, 4.69) is 5.32 Å². The van der Waals surface area contributed by atoms with Gasteiger partial charge in [0.05, 0.1) is 28.7 Å². The molecule has 11 nitrogen and oxygen atoms in total. The van der Waals surface area contributed by atoms with Crippen molar-refractivity contribution >= 4 is 39.2 Å². The van der Waals surface area contributed by atoms with Crippen LogP contribution in [0.5, 0.6) is 0 Å². The van der Waals surface area contributed by atoms with Crippen molar-refractivity contribution in [3.05, 3.63) is 57.5 Å². The highest BCUT2D eigenvalue weighted by molar-refractivity contribution is 7.89. The van der Waals surface area contributed by atoms with Crippen molar-refractivity contribution in [2.75, 3.05) is 19.7 Å². The van der Waals surface area contributed by atoms with Gasteiger partial charge in [0.25, 0.3) is 11.6 Å². The normalized spacial score (nSPS) is 15.3. The number of nitrogens with zero attached hydrogens (tertiary/aromatic N) is 2. The molecule has 0 saturated carbocycles. The molecule has 32 heavy (non-hydrogen) atoms. The molecule has 2 heterocycles. The molecule has 1 aliphatic heterocycles. The Labute approximate surface area is 188 Å². The predicted molar refractivity (Wildman–Crippen MR) is 111 cm³/mol. The first kappa shape index (κ1) is 23.7. The molecule has 0 aliphatic carbocycles. The lowest BCUT2D eigenvalue weighted by Crippen LogP contribution is -2.41. The monoisotopic (exact) mass is 485 g/mol. The molecule has 3 rings (SSSR count). The zero-order valence-electron chi connectivity index (χ0n) is 16.7. The molecule has 1 saturated heterocycles. The molecule has 0 radical (unpaired) electrons. The van der Waals surface area contributed by atoms with E-state index in [1.54, 1.807) is 12.1 Å². The minimum absolute atomic E-state index is 0.00576. The average molecular weight is 486 g/mol. The molecule has 0 bridgehead atoms. The third-order valence-corrected chi connectivity index (χ3v) is 7.30. The summed E-state index contributed by atoms with van der Waals surface area (Å²) in [6, 6.07) is 6.57. The zero-order valence-corrected chi connectivity index (χ0v) is 18.3. The number of benzene rings is 1. The fourth-order valence-corrected chi connectivity index (χ4v) is 5.14. The Hall–Kier alpha value is -2.96. The summed E-state index contributed by atoms with van der Waals surface area (Å²) in [7, 11) is -4.08. The van der Waals surface area contributed by atoms with E-state index in [-0.39, 0.29) is 42.4 Å². The zero-order chi connectivity index (χ0) is 23.3. The molecule has 0 unspecified atom stereocenters. The number of furan rings is 1. The van der Waals surface area contributed by atoms with Crippen LogP contribution in [0.2, 0.25) is 5.02 Å². The lowest BCUT2D eigenvalue weighted by atomic mass is 9.98. The molecule has 0 spiro atoms. The molecule has 1 fully saturated rings. The van der Waals surface area contributed by atoms with Crippen molar-refractivity contribution in [2.45, 2.75) is 24.3 Å². The maximum atomic E-state index is 12.9. The van der Waals surface area contributed by atoms with Crippen LogP contribution in [-0.2, 0) is 30.9 Å². The van der Waals surface area contributed by atoms with Gasteiger partial charge in [0, 0.05) is 25.2 Å². The number of ether oxygens (including phenoxy) is 1. The predicted octanol–water partition coefficient (Wildman–Crippen LogP) is 2.10. The quantitative estimate of drug-likeness (QED) is 0.339. The van der Waals surface area contributed by atoms with Crippen LogP contribution in [0.15, 0.2) is 45.9 Å². The molecule has 2 aromatic rings. The van der Waals surface area contributed by atoms with Crippen molar-refractivity contribution in [2.24, 2.45) is 5.92 Å². The molecule has 172 valence electrons. The number of nitro groups is 1. The molecular weight excluding hydrogens is 466 g/mol. The molecule has 1 aromatic heterocycles. The standard InChI is InChI=1S/C19H20ClN3O8S/c20-16-4-3-14(23(26)27)10-17(16)32(28,29)22-7-5-13(6-8-22)19(25)31-12-18(24)21-11-15-2-1-9-30-15/h1-4,9-10,13H,5-8,11-12H2,(H,21,24). The Bertz CT molecular complexity index is 1100. The van der Waals surface area contributed by atoms with E-state index in [4.69, 9.17) is 20.8 Å². The van der Waals surface area contributed by atoms with Crippen molar-refractivity contribution in [3.63, 3.8) is 0 Å². The first-order valence-corrected chi connectivity index (χ1v) is 11.4. The van der Waals surface area contributed by atoms with Gasteiger partial charge in [-0.05, 0) is 31.0 Å². The van der Waals surface area contributed by atoms with E-state index in [1.165, 1.54) is 6.26 Å². The number of halogens is 1. The van der Waals surface area contributed by atoms with Crippen LogP contribution >= 0.6 is 11.6 Å². The summed E-state index contributed by atoms with van der Waals surface area (Å²) in [6.07, 6.45) is 1.83. The number of piperidine rings is 1. The number of esters is 1. The molecule has 1 aliphatic rings. The van der Waals surface area contributed by atoms with Gasteiger partial charge < -0.3 is 14.5 Å². The highest BCUT2D eigenvalue weighted by Crippen LogP contribution is 2.31. The van der Waals surface area contributed by atoms with Gasteiger partial charge in [-0.1, -0.05) is 11.6 Å². The first-order chi connectivity index (χ1) is 15.2. The molecule has 0 atom stereocenters. The molecule has 1 amide bonds. The van der Waals surface area contributed by atoms with E-state index in [9.17, 15) is 28.1 Å². The highest BCUT2D eigenvalue weighted by atomic mass is 35.5. The van der Waals surface area contributed by atoms with Crippen molar-refractivity contribution in [3.8, 4) is 0 Å². The number of hydrogen-bond donors (Lipinski definition) is 1. The van der Waals surface area contributed by atoms with E-state index in [1.807, 2.05) is 0 Å². The average Bonchev–Trinajstić information content (AvgIpc) is 3.30. The van der Waals surface area contributed by atoms with Gasteiger partial charge in [-0.15, -0.1) is 0 Å². The first-order valence-electron chi connectivity index (χ1n) is 9.58. The van der Waals surface area contributed by atoms with Crippen molar-refractivity contribution in [1.29, 1.82) is 0 Å². The van der Waals surface area contributed by atoms with Crippen LogP contribution < -0.4 is 5.32 Å². The van der Waals surface area contributed by atoms with Crippen molar-refractivity contribution < 1.29 is 32.1 Å². The van der Waals surface area contributed by atoms with Gasteiger partial charge in [-0.3, -0.25) is 19.7 Å². The lowest BCUT2D eigenvalue weighted by molar-refractivity contribution is -0.385. The summed E-state index contributed by atoms with van der Waals surface area (Å²) in [4.78, 5) is 33.9. The number of non-ortho nitro benzene ring substituents is 1. The second-order valence-electron chi connectivity index (χ2n) is 7.01. The molecule has 1 aromatic carbocycles. The molecule has 13 heteroatoms. The number of nitrogens with one attached hydrogen (secondary N) is 1. The van der Waals surface area contributed by atoms with Gasteiger partial charge in [0.2, 0.25) is 10.0 Å². The number of hydrogen-bond acceptors (Lipinski definition) is 8. The Morgan fingerprint density at radius 3 is 2.62 bits per heavy atom. The summed E-state index contributed by atoms with van der Waals surface area (Å²) in [5.41, 5.74) is -0.392. The number of nitro benzene ring substituents is 1. The number of sulfonamides is 1. The number of rotatable bonds is 8. The summed E-state index contributed by atoms with van der Waals surface area (Å²) < 4.78 is 37.0. The van der Waals surface area contributed by atoms with Gasteiger partial charge in [0.1, 0.15) is 10.7 Å².